The third kappa shape index (κ3) is 3.43. The van der Waals surface area contributed by atoms with Crippen molar-refractivity contribution in [2.24, 2.45) is 0 Å². The first-order valence-electron chi connectivity index (χ1n) is 10.4. The number of H-pyrrole nitrogens is 1. The number of hydrogen-bond donors (Lipinski definition) is 1. The van der Waals surface area contributed by atoms with Crippen molar-refractivity contribution in [3.8, 4) is 5.75 Å². The summed E-state index contributed by atoms with van der Waals surface area (Å²) in [6, 6.07) is 14.0. The molecule has 0 spiro atoms. The van der Waals surface area contributed by atoms with Gasteiger partial charge in [-0.25, -0.2) is 4.79 Å². The zero-order chi connectivity index (χ0) is 19.8. The number of rotatable bonds is 4. The minimum Gasteiger partial charge on any atom is -0.484 e. The Morgan fingerprint density at radius 3 is 2.72 bits per heavy atom. The Morgan fingerprint density at radius 1 is 1.07 bits per heavy atom. The molecule has 1 saturated heterocycles. The van der Waals surface area contributed by atoms with Crippen molar-refractivity contribution in [3.63, 3.8) is 0 Å². The van der Waals surface area contributed by atoms with E-state index in [0.29, 0.717) is 13.1 Å². The van der Waals surface area contributed by atoms with Gasteiger partial charge in [-0.3, -0.25) is 9.36 Å². The van der Waals surface area contributed by atoms with Crippen LogP contribution in [0.2, 0.25) is 0 Å². The lowest BCUT2D eigenvalue weighted by Crippen LogP contribution is -2.42. The molecule has 1 amide bonds. The minimum atomic E-state index is -0.0732. The second kappa shape index (κ2) is 7.43. The number of aromatic nitrogens is 2. The fourth-order valence-corrected chi connectivity index (χ4v) is 4.68. The topological polar surface area (TPSA) is 67.3 Å². The van der Waals surface area contributed by atoms with Crippen molar-refractivity contribution in [1.82, 2.24) is 14.5 Å². The predicted octanol–water partition coefficient (Wildman–Crippen LogP) is 3.06. The number of carbonyl (C=O) groups excluding carboxylic acids is 1. The molecule has 3 aromatic rings. The standard InChI is InChI=1S/C23H25N3O3/c27-22(15-29-19-9-8-16-4-3-5-17(16)14-19)25-12-10-18(11-13-25)26-21-7-2-1-6-20(21)24-23(26)28/h1-2,6-9,14,18H,3-5,10-13,15H2,(H,24,28). The zero-order valence-corrected chi connectivity index (χ0v) is 16.4. The summed E-state index contributed by atoms with van der Waals surface area (Å²) in [4.78, 5) is 29.8. The van der Waals surface area contributed by atoms with Gasteiger partial charge in [-0.1, -0.05) is 18.2 Å². The van der Waals surface area contributed by atoms with Gasteiger partial charge in [0, 0.05) is 19.1 Å². The van der Waals surface area contributed by atoms with E-state index >= 15 is 0 Å². The normalized spacial score (nSPS) is 16.9. The Labute approximate surface area is 169 Å². The number of fused-ring (bicyclic) bond motifs is 2. The number of aryl methyl sites for hydroxylation is 2. The smallest absolute Gasteiger partial charge is 0.326 e. The molecule has 0 atom stereocenters. The van der Waals surface area contributed by atoms with Gasteiger partial charge < -0.3 is 14.6 Å². The maximum absolute atomic E-state index is 12.6. The van der Waals surface area contributed by atoms with Gasteiger partial charge in [-0.2, -0.15) is 0 Å². The van der Waals surface area contributed by atoms with Crippen LogP contribution in [0, 0.1) is 0 Å². The highest BCUT2D eigenvalue weighted by molar-refractivity contribution is 5.78. The van der Waals surface area contributed by atoms with Crippen LogP contribution in [0.3, 0.4) is 0 Å². The molecule has 0 radical (unpaired) electrons. The first kappa shape index (κ1) is 18.0. The van der Waals surface area contributed by atoms with E-state index in [1.54, 1.807) is 0 Å². The van der Waals surface area contributed by atoms with E-state index in [-0.39, 0.29) is 24.2 Å². The maximum atomic E-state index is 12.6. The van der Waals surface area contributed by atoms with Gasteiger partial charge in [0.05, 0.1) is 11.0 Å². The van der Waals surface area contributed by atoms with Gasteiger partial charge in [-0.05, 0) is 67.5 Å². The quantitative estimate of drug-likeness (QED) is 0.743. The van der Waals surface area contributed by atoms with Crippen molar-refractivity contribution >= 4 is 16.9 Å². The average Bonchev–Trinajstić information content (AvgIpc) is 3.35. The largest absolute Gasteiger partial charge is 0.484 e. The SMILES string of the molecule is O=C(COc1ccc2c(c1)CCC2)N1CCC(n2c(=O)[nH]c3ccccc32)CC1. The van der Waals surface area contributed by atoms with E-state index in [1.165, 1.54) is 17.5 Å². The van der Waals surface area contributed by atoms with Crippen molar-refractivity contribution in [1.29, 1.82) is 0 Å². The lowest BCUT2D eigenvalue weighted by molar-refractivity contribution is -0.134. The van der Waals surface area contributed by atoms with Crippen molar-refractivity contribution in [3.05, 3.63) is 64.1 Å². The summed E-state index contributed by atoms with van der Waals surface area (Å²) in [6.07, 6.45) is 4.98. The number of ether oxygens (including phenoxy) is 1. The van der Waals surface area contributed by atoms with Gasteiger partial charge in [0.15, 0.2) is 6.61 Å². The molecule has 150 valence electrons. The fraction of sp³-hybridized carbons (Fsp3) is 0.391. The van der Waals surface area contributed by atoms with E-state index in [9.17, 15) is 9.59 Å². The molecule has 1 aliphatic heterocycles. The highest BCUT2D eigenvalue weighted by Gasteiger charge is 2.26. The lowest BCUT2D eigenvalue weighted by Gasteiger charge is -2.32. The van der Waals surface area contributed by atoms with Crippen LogP contribution in [0.1, 0.15) is 36.4 Å². The zero-order valence-electron chi connectivity index (χ0n) is 16.4. The Hall–Kier alpha value is -3.02. The number of carbonyl (C=O) groups is 1. The molecule has 1 aromatic heterocycles. The molecular weight excluding hydrogens is 366 g/mol. The van der Waals surface area contributed by atoms with Gasteiger partial charge >= 0.3 is 5.69 Å². The van der Waals surface area contributed by atoms with Gasteiger partial charge in [0.25, 0.3) is 5.91 Å². The number of nitrogens with one attached hydrogen (secondary N) is 1. The van der Waals surface area contributed by atoms with Gasteiger partial charge in [-0.15, -0.1) is 0 Å². The van der Waals surface area contributed by atoms with Crippen molar-refractivity contribution in [2.45, 2.75) is 38.1 Å². The van der Waals surface area contributed by atoms with Crippen molar-refractivity contribution in [2.75, 3.05) is 19.7 Å². The number of hydrogen-bond acceptors (Lipinski definition) is 3. The summed E-state index contributed by atoms with van der Waals surface area (Å²) in [7, 11) is 0. The van der Waals surface area contributed by atoms with E-state index < -0.39 is 0 Å². The molecule has 0 bridgehead atoms. The first-order valence-corrected chi connectivity index (χ1v) is 10.4. The molecule has 2 aliphatic rings. The summed E-state index contributed by atoms with van der Waals surface area (Å²) in [5.74, 6) is 0.787. The monoisotopic (exact) mass is 391 g/mol. The third-order valence-electron chi connectivity index (χ3n) is 6.24. The molecule has 0 saturated carbocycles. The third-order valence-corrected chi connectivity index (χ3v) is 6.24. The molecule has 1 aliphatic carbocycles. The molecule has 29 heavy (non-hydrogen) atoms. The molecule has 0 unspecified atom stereocenters. The van der Waals surface area contributed by atoms with Gasteiger partial charge in [0.1, 0.15) is 5.75 Å². The van der Waals surface area contributed by atoms with E-state index in [4.69, 9.17) is 4.74 Å². The number of benzene rings is 2. The number of para-hydroxylation sites is 2. The van der Waals surface area contributed by atoms with Crippen LogP contribution in [-0.2, 0) is 17.6 Å². The second-order valence-corrected chi connectivity index (χ2v) is 8.00. The number of likely N-dealkylation sites (tertiary alicyclic amines) is 1. The number of nitrogens with zero attached hydrogens (tertiary/aromatic N) is 2. The van der Waals surface area contributed by atoms with Crippen LogP contribution < -0.4 is 10.4 Å². The van der Waals surface area contributed by atoms with Crippen LogP contribution in [-0.4, -0.2) is 40.1 Å². The van der Waals surface area contributed by atoms with E-state index in [1.807, 2.05) is 39.8 Å². The van der Waals surface area contributed by atoms with Gasteiger partial charge in [0.2, 0.25) is 0 Å². The molecule has 5 rings (SSSR count). The molecule has 6 heteroatoms. The number of amides is 1. The highest BCUT2D eigenvalue weighted by Crippen LogP contribution is 2.27. The highest BCUT2D eigenvalue weighted by atomic mass is 16.5. The molecule has 6 nitrogen and oxygen atoms in total. The second-order valence-electron chi connectivity index (χ2n) is 8.00. The summed E-state index contributed by atoms with van der Waals surface area (Å²) < 4.78 is 7.62. The van der Waals surface area contributed by atoms with Crippen LogP contribution in [0.15, 0.2) is 47.3 Å². The molecule has 1 N–H and O–H groups in total. The number of imidazole rings is 1. The Bertz CT molecular complexity index is 1110. The summed E-state index contributed by atoms with van der Waals surface area (Å²) in [6.45, 7) is 1.35. The molecule has 2 heterocycles. The van der Waals surface area contributed by atoms with Crippen molar-refractivity contribution < 1.29 is 9.53 Å². The van der Waals surface area contributed by atoms with E-state index in [0.717, 1.165) is 42.5 Å². The number of aromatic amines is 1. The summed E-state index contributed by atoms with van der Waals surface area (Å²) in [5.41, 5.74) is 4.47. The molecule has 2 aromatic carbocycles. The van der Waals surface area contributed by atoms with Crippen LogP contribution >= 0.6 is 0 Å². The Kier molecular flexibility index (Phi) is 4.62. The average molecular weight is 391 g/mol. The van der Waals surface area contributed by atoms with Crippen LogP contribution in [0.5, 0.6) is 5.75 Å². The molecule has 1 fully saturated rings. The summed E-state index contributed by atoms with van der Waals surface area (Å²) >= 11 is 0. The number of piperidine rings is 1. The fourth-order valence-electron chi connectivity index (χ4n) is 4.68. The summed E-state index contributed by atoms with van der Waals surface area (Å²) in [5, 5.41) is 0. The molecular formula is C23H25N3O3. The Morgan fingerprint density at radius 2 is 1.86 bits per heavy atom. The first-order chi connectivity index (χ1) is 14.2. The maximum Gasteiger partial charge on any atom is 0.326 e. The minimum absolute atomic E-state index is 0.00946. The van der Waals surface area contributed by atoms with Crippen LogP contribution in [0.25, 0.3) is 11.0 Å². The van der Waals surface area contributed by atoms with E-state index in [2.05, 4.69) is 17.1 Å². The predicted molar refractivity (Wildman–Crippen MR) is 111 cm³/mol. The Balaban J connectivity index is 1.20. The lowest BCUT2D eigenvalue weighted by atomic mass is 10.0. The van der Waals surface area contributed by atoms with Crippen LogP contribution in [0.4, 0.5) is 0 Å².